The van der Waals surface area contributed by atoms with Crippen LogP contribution in [0.4, 0.5) is 4.79 Å². The first-order valence-corrected chi connectivity index (χ1v) is 6.52. The maximum absolute atomic E-state index is 12.1. The number of piperazine rings is 1. The van der Waals surface area contributed by atoms with E-state index in [1.807, 2.05) is 0 Å². The van der Waals surface area contributed by atoms with Gasteiger partial charge in [0.2, 0.25) is 5.91 Å². The molecule has 0 aliphatic carbocycles. The summed E-state index contributed by atoms with van der Waals surface area (Å²) in [4.78, 5) is 27.0. The third-order valence-electron chi connectivity index (χ3n) is 3.18. The van der Waals surface area contributed by atoms with Crippen molar-refractivity contribution in [2.75, 3.05) is 32.8 Å². The maximum atomic E-state index is 12.1. The van der Waals surface area contributed by atoms with Crippen molar-refractivity contribution in [2.24, 2.45) is 7.05 Å². The minimum absolute atomic E-state index is 0.0357. The fourth-order valence-electron chi connectivity index (χ4n) is 2.00. The van der Waals surface area contributed by atoms with Gasteiger partial charge in [-0.15, -0.1) is 5.10 Å². The lowest BCUT2D eigenvalue weighted by molar-refractivity contribution is -0.132. The Labute approximate surface area is 116 Å². The molecule has 2 heterocycles. The van der Waals surface area contributed by atoms with Crippen LogP contribution in [-0.2, 0) is 23.0 Å². The van der Waals surface area contributed by atoms with E-state index in [-0.39, 0.29) is 18.4 Å². The normalized spacial score (nSPS) is 15.3. The Morgan fingerprint density at radius 1 is 1.20 bits per heavy atom. The number of ether oxygens (including phenoxy) is 1. The van der Waals surface area contributed by atoms with Crippen LogP contribution in [0.3, 0.4) is 0 Å². The van der Waals surface area contributed by atoms with E-state index in [0.29, 0.717) is 38.6 Å². The molecule has 9 nitrogen and oxygen atoms in total. The van der Waals surface area contributed by atoms with Crippen LogP contribution in [0, 0.1) is 0 Å². The van der Waals surface area contributed by atoms with Crippen molar-refractivity contribution in [3.8, 4) is 0 Å². The summed E-state index contributed by atoms with van der Waals surface area (Å²) in [6.07, 6.45) is -0.153. The van der Waals surface area contributed by atoms with Crippen LogP contribution in [0.25, 0.3) is 0 Å². The number of aromatic nitrogens is 4. The zero-order valence-corrected chi connectivity index (χ0v) is 11.7. The molecule has 1 aliphatic heterocycles. The van der Waals surface area contributed by atoms with Gasteiger partial charge in [-0.3, -0.25) is 4.79 Å². The summed E-state index contributed by atoms with van der Waals surface area (Å²) in [5.41, 5.74) is 0. The molecular formula is C11H18N6O3. The summed E-state index contributed by atoms with van der Waals surface area (Å²) < 4.78 is 6.41. The van der Waals surface area contributed by atoms with E-state index in [2.05, 4.69) is 15.5 Å². The van der Waals surface area contributed by atoms with Crippen LogP contribution < -0.4 is 0 Å². The molecule has 1 aromatic heterocycles. The Kier molecular flexibility index (Phi) is 4.49. The second-order valence-electron chi connectivity index (χ2n) is 4.46. The Morgan fingerprint density at radius 2 is 1.85 bits per heavy atom. The highest BCUT2D eigenvalue weighted by Gasteiger charge is 2.25. The number of nitrogens with zero attached hydrogens (tertiary/aromatic N) is 6. The SMILES string of the molecule is CCOC(=O)N1CCN(C(=O)Cc2nnnn2C)CC1. The first-order valence-electron chi connectivity index (χ1n) is 6.52. The summed E-state index contributed by atoms with van der Waals surface area (Å²) >= 11 is 0. The van der Waals surface area contributed by atoms with Gasteiger partial charge >= 0.3 is 6.09 Å². The molecule has 20 heavy (non-hydrogen) atoms. The maximum Gasteiger partial charge on any atom is 0.409 e. The first kappa shape index (κ1) is 14.2. The molecule has 0 unspecified atom stereocenters. The minimum Gasteiger partial charge on any atom is -0.450 e. The fourth-order valence-corrected chi connectivity index (χ4v) is 2.00. The molecule has 0 atom stereocenters. The largest absolute Gasteiger partial charge is 0.450 e. The number of amides is 2. The molecule has 0 N–H and O–H groups in total. The van der Waals surface area contributed by atoms with Gasteiger partial charge in [-0.2, -0.15) is 0 Å². The number of rotatable bonds is 3. The summed E-state index contributed by atoms with van der Waals surface area (Å²) in [6, 6.07) is 0. The van der Waals surface area contributed by atoms with E-state index in [1.54, 1.807) is 23.8 Å². The molecule has 0 spiro atoms. The van der Waals surface area contributed by atoms with Crippen molar-refractivity contribution >= 4 is 12.0 Å². The molecular weight excluding hydrogens is 264 g/mol. The van der Waals surface area contributed by atoms with Crippen molar-refractivity contribution in [3.63, 3.8) is 0 Å². The van der Waals surface area contributed by atoms with Crippen LogP contribution in [-0.4, -0.2) is 74.8 Å². The predicted octanol–water partition coefficient (Wildman–Crippen LogP) is -0.947. The van der Waals surface area contributed by atoms with Crippen molar-refractivity contribution in [2.45, 2.75) is 13.3 Å². The smallest absolute Gasteiger partial charge is 0.409 e. The molecule has 1 aromatic rings. The van der Waals surface area contributed by atoms with E-state index in [1.165, 1.54) is 4.68 Å². The quantitative estimate of drug-likeness (QED) is 0.710. The number of carbonyl (C=O) groups excluding carboxylic acids is 2. The van der Waals surface area contributed by atoms with Crippen LogP contribution in [0.15, 0.2) is 0 Å². The van der Waals surface area contributed by atoms with Crippen LogP contribution in [0.1, 0.15) is 12.7 Å². The van der Waals surface area contributed by atoms with E-state index >= 15 is 0 Å². The Bertz CT molecular complexity index is 480. The van der Waals surface area contributed by atoms with E-state index in [0.717, 1.165) is 0 Å². The first-order chi connectivity index (χ1) is 9.61. The highest BCUT2D eigenvalue weighted by Crippen LogP contribution is 2.06. The Hall–Kier alpha value is -2.19. The second-order valence-corrected chi connectivity index (χ2v) is 4.46. The van der Waals surface area contributed by atoms with Gasteiger partial charge in [-0.05, 0) is 17.4 Å². The number of tetrazole rings is 1. The van der Waals surface area contributed by atoms with Crippen molar-refractivity contribution < 1.29 is 14.3 Å². The molecule has 0 saturated carbocycles. The number of aryl methyl sites for hydroxylation is 1. The zero-order chi connectivity index (χ0) is 14.5. The van der Waals surface area contributed by atoms with E-state index in [9.17, 15) is 9.59 Å². The average molecular weight is 282 g/mol. The lowest BCUT2D eigenvalue weighted by Crippen LogP contribution is -2.51. The lowest BCUT2D eigenvalue weighted by Gasteiger charge is -2.33. The van der Waals surface area contributed by atoms with Gasteiger partial charge in [0, 0.05) is 33.2 Å². The number of hydrogen-bond acceptors (Lipinski definition) is 6. The third kappa shape index (κ3) is 3.22. The van der Waals surface area contributed by atoms with Crippen molar-refractivity contribution in [1.29, 1.82) is 0 Å². The lowest BCUT2D eigenvalue weighted by atomic mass is 10.3. The van der Waals surface area contributed by atoms with E-state index < -0.39 is 0 Å². The highest BCUT2D eigenvalue weighted by molar-refractivity contribution is 5.78. The second kappa shape index (κ2) is 6.31. The topological polar surface area (TPSA) is 93.4 Å². The standard InChI is InChI=1S/C11H18N6O3/c1-3-20-11(19)17-6-4-16(5-7-17)10(18)8-9-12-13-14-15(9)2/h3-8H2,1-2H3. The molecule has 1 fully saturated rings. The zero-order valence-electron chi connectivity index (χ0n) is 11.7. The molecule has 2 amide bonds. The Morgan fingerprint density at radius 3 is 2.40 bits per heavy atom. The van der Waals surface area contributed by atoms with Crippen LogP contribution in [0.5, 0.6) is 0 Å². The number of carbonyl (C=O) groups is 2. The third-order valence-corrected chi connectivity index (χ3v) is 3.18. The fraction of sp³-hybridized carbons (Fsp3) is 0.727. The number of hydrogen-bond donors (Lipinski definition) is 0. The van der Waals surface area contributed by atoms with Crippen LogP contribution >= 0.6 is 0 Å². The van der Waals surface area contributed by atoms with Crippen molar-refractivity contribution in [3.05, 3.63) is 5.82 Å². The molecule has 110 valence electrons. The van der Waals surface area contributed by atoms with Crippen LogP contribution in [0.2, 0.25) is 0 Å². The summed E-state index contributed by atoms with van der Waals surface area (Å²) in [5.74, 6) is 0.495. The Balaban J connectivity index is 1.83. The van der Waals surface area contributed by atoms with Gasteiger partial charge in [0.25, 0.3) is 0 Å². The molecule has 0 radical (unpaired) electrons. The molecule has 2 rings (SSSR count). The van der Waals surface area contributed by atoms with Gasteiger partial charge in [0.05, 0.1) is 13.0 Å². The predicted molar refractivity (Wildman–Crippen MR) is 67.7 cm³/mol. The van der Waals surface area contributed by atoms with Gasteiger partial charge < -0.3 is 14.5 Å². The van der Waals surface area contributed by atoms with Crippen molar-refractivity contribution in [1.82, 2.24) is 30.0 Å². The minimum atomic E-state index is -0.322. The summed E-state index contributed by atoms with van der Waals surface area (Å²) in [5, 5.41) is 11.0. The molecule has 1 saturated heterocycles. The molecule has 9 heteroatoms. The molecule has 0 bridgehead atoms. The van der Waals surface area contributed by atoms with Gasteiger partial charge in [0.1, 0.15) is 0 Å². The van der Waals surface area contributed by atoms with Gasteiger partial charge in [0.15, 0.2) is 5.82 Å². The molecule has 1 aliphatic rings. The van der Waals surface area contributed by atoms with Gasteiger partial charge in [-0.25, -0.2) is 9.48 Å². The van der Waals surface area contributed by atoms with Gasteiger partial charge in [-0.1, -0.05) is 0 Å². The van der Waals surface area contributed by atoms with E-state index in [4.69, 9.17) is 4.74 Å². The average Bonchev–Trinajstić information content (AvgIpc) is 2.85. The summed E-state index contributed by atoms with van der Waals surface area (Å²) in [7, 11) is 1.70. The molecule has 0 aromatic carbocycles. The summed E-state index contributed by atoms with van der Waals surface area (Å²) in [6.45, 7) is 4.11. The monoisotopic (exact) mass is 282 g/mol. The highest BCUT2D eigenvalue weighted by atomic mass is 16.6.